The predicted octanol–water partition coefficient (Wildman–Crippen LogP) is 3.67. The molecular weight excluding hydrogens is 312 g/mol. The first-order valence-corrected chi connectivity index (χ1v) is 9.47. The average Bonchev–Trinajstić information content (AvgIpc) is 3.17. The lowest BCUT2D eigenvalue weighted by Crippen LogP contribution is -2.35. The van der Waals surface area contributed by atoms with Crippen molar-refractivity contribution >= 4 is 17.4 Å². The Morgan fingerprint density at radius 3 is 2.36 bits per heavy atom. The second-order valence-electron chi connectivity index (χ2n) is 7.21. The number of amides is 2. The first-order valence-electron chi connectivity index (χ1n) is 9.47. The number of imide groups is 1. The van der Waals surface area contributed by atoms with Gasteiger partial charge >= 0.3 is 0 Å². The molecule has 4 heteroatoms. The van der Waals surface area contributed by atoms with Gasteiger partial charge < -0.3 is 4.90 Å². The van der Waals surface area contributed by atoms with E-state index in [4.69, 9.17) is 0 Å². The smallest absolute Gasteiger partial charge is 0.277 e. The van der Waals surface area contributed by atoms with Crippen molar-refractivity contribution in [3.05, 3.63) is 40.6 Å². The van der Waals surface area contributed by atoms with Crippen LogP contribution in [0.3, 0.4) is 0 Å². The third-order valence-corrected chi connectivity index (χ3v) is 5.20. The Labute approximate surface area is 150 Å². The van der Waals surface area contributed by atoms with Crippen molar-refractivity contribution in [2.24, 2.45) is 0 Å². The summed E-state index contributed by atoms with van der Waals surface area (Å²) in [5, 5.41) is 0. The molecule has 25 heavy (non-hydrogen) atoms. The quantitative estimate of drug-likeness (QED) is 0.586. The van der Waals surface area contributed by atoms with Crippen LogP contribution in [-0.2, 0) is 9.59 Å². The Morgan fingerprint density at radius 1 is 1.00 bits per heavy atom. The van der Waals surface area contributed by atoms with Gasteiger partial charge in [-0.05, 0) is 44.2 Å². The summed E-state index contributed by atoms with van der Waals surface area (Å²) < 4.78 is 0. The Balaban J connectivity index is 2.02. The minimum Gasteiger partial charge on any atom is -0.366 e. The van der Waals surface area contributed by atoms with Crippen molar-refractivity contribution in [3.63, 3.8) is 0 Å². The third-order valence-electron chi connectivity index (χ3n) is 5.20. The maximum absolute atomic E-state index is 13.1. The van der Waals surface area contributed by atoms with Crippen molar-refractivity contribution in [1.29, 1.82) is 0 Å². The molecule has 0 saturated carbocycles. The molecule has 0 unspecified atom stereocenters. The van der Waals surface area contributed by atoms with Crippen molar-refractivity contribution in [2.75, 3.05) is 19.6 Å². The standard InChI is InChI=1S/C21H28N2O2/c1-4-5-6-13-23-20(24)18(17-10-9-15(2)14-16(17)3)19(21(23)25)22-11-7-8-12-22/h9-10,14H,4-8,11-13H2,1-3H3. The fourth-order valence-electron chi connectivity index (χ4n) is 3.86. The Bertz CT molecular complexity index is 715. The molecule has 0 spiro atoms. The number of benzene rings is 1. The molecule has 2 aliphatic rings. The molecule has 134 valence electrons. The van der Waals surface area contributed by atoms with Gasteiger partial charge in [0.25, 0.3) is 11.8 Å². The van der Waals surface area contributed by atoms with Gasteiger partial charge in [0.05, 0.1) is 5.57 Å². The number of rotatable bonds is 6. The van der Waals surface area contributed by atoms with E-state index in [1.54, 1.807) is 0 Å². The van der Waals surface area contributed by atoms with Crippen LogP contribution in [0.25, 0.3) is 5.57 Å². The fourth-order valence-corrected chi connectivity index (χ4v) is 3.86. The summed E-state index contributed by atoms with van der Waals surface area (Å²) in [4.78, 5) is 29.8. The van der Waals surface area contributed by atoms with Gasteiger partial charge in [-0.1, -0.05) is 43.5 Å². The van der Waals surface area contributed by atoms with Crippen LogP contribution in [0.1, 0.15) is 55.7 Å². The van der Waals surface area contributed by atoms with Gasteiger partial charge in [-0.2, -0.15) is 0 Å². The minimum atomic E-state index is -0.116. The van der Waals surface area contributed by atoms with E-state index in [-0.39, 0.29) is 11.8 Å². The number of likely N-dealkylation sites (tertiary alicyclic amines) is 1. The summed E-state index contributed by atoms with van der Waals surface area (Å²) in [5.41, 5.74) is 4.38. The highest BCUT2D eigenvalue weighted by Gasteiger charge is 2.42. The molecule has 4 nitrogen and oxygen atoms in total. The van der Waals surface area contributed by atoms with Crippen molar-refractivity contribution in [3.8, 4) is 0 Å². The van der Waals surface area contributed by atoms with Crippen molar-refractivity contribution in [2.45, 2.75) is 52.9 Å². The molecule has 0 N–H and O–H groups in total. The number of unbranched alkanes of at least 4 members (excludes halogenated alkanes) is 2. The normalized spacial score (nSPS) is 18.0. The molecular formula is C21H28N2O2. The summed E-state index contributed by atoms with van der Waals surface area (Å²) in [6, 6.07) is 6.10. The van der Waals surface area contributed by atoms with Gasteiger partial charge in [-0.15, -0.1) is 0 Å². The van der Waals surface area contributed by atoms with Crippen LogP contribution < -0.4 is 0 Å². The monoisotopic (exact) mass is 340 g/mol. The summed E-state index contributed by atoms with van der Waals surface area (Å²) >= 11 is 0. The van der Waals surface area contributed by atoms with Gasteiger partial charge in [0.1, 0.15) is 5.70 Å². The summed E-state index contributed by atoms with van der Waals surface area (Å²) in [6.45, 7) is 8.46. The number of carbonyl (C=O) groups excluding carboxylic acids is 2. The van der Waals surface area contributed by atoms with Crippen LogP contribution in [0, 0.1) is 13.8 Å². The molecule has 0 bridgehead atoms. The molecule has 1 aromatic rings. The van der Waals surface area contributed by atoms with Gasteiger partial charge in [0.15, 0.2) is 0 Å². The van der Waals surface area contributed by atoms with E-state index in [1.807, 2.05) is 26.0 Å². The molecule has 0 aromatic heterocycles. The lowest BCUT2D eigenvalue weighted by Gasteiger charge is -2.20. The van der Waals surface area contributed by atoms with Crippen molar-refractivity contribution in [1.82, 2.24) is 9.80 Å². The topological polar surface area (TPSA) is 40.6 Å². The Kier molecular flexibility index (Phi) is 5.26. The Morgan fingerprint density at radius 2 is 1.72 bits per heavy atom. The van der Waals surface area contributed by atoms with E-state index in [9.17, 15) is 9.59 Å². The molecule has 2 aliphatic heterocycles. The van der Waals surface area contributed by atoms with Crippen LogP contribution in [-0.4, -0.2) is 41.2 Å². The van der Waals surface area contributed by atoms with E-state index in [1.165, 1.54) is 10.5 Å². The van der Waals surface area contributed by atoms with Crippen molar-refractivity contribution < 1.29 is 9.59 Å². The van der Waals surface area contributed by atoms with Crippen LogP contribution in [0.5, 0.6) is 0 Å². The highest BCUT2D eigenvalue weighted by atomic mass is 16.2. The molecule has 2 heterocycles. The zero-order chi connectivity index (χ0) is 18.0. The van der Waals surface area contributed by atoms with Crippen LogP contribution >= 0.6 is 0 Å². The molecule has 3 rings (SSSR count). The molecule has 2 amide bonds. The number of aryl methyl sites for hydroxylation is 2. The predicted molar refractivity (Wildman–Crippen MR) is 99.9 cm³/mol. The first-order chi connectivity index (χ1) is 12.0. The van der Waals surface area contributed by atoms with Crippen LogP contribution in [0.15, 0.2) is 23.9 Å². The minimum absolute atomic E-state index is 0.0991. The van der Waals surface area contributed by atoms with E-state index < -0.39 is 0 Å². The summed E-state index contributed by atoms with van der Waals surface area (Å²) in [6.07, 6.45) is 5.16. The SMILES string of the molecule is CCCCCN1C(=O)C(c2ccc(C)cc2C)=C(N2CCCC2)C1=O. The number of hydrogen-bond donors (Lipinski definition) is 0. The molecule has 0 aliphatic carbocycles. The summed E-state index contributed by atoms with van der Waals surface area (Å²) in [5.74, 6) is -0.215. The lowest BCUT2D eigenvalue weighted by molar-refractivity contribution is -0.137. The average molecular weight is 340 g/mol. The second-order valence-corrected chi connectivity index (χ2v) is 7.21. The maximum Gasteiger partial charge on any atom is 0.277 e. The van der Waals surface area contributed by atoms with Crippen LogP contribution in [0.4, 0.5) is 0 Å². The summed E-state index contributed by atoms with van der Waals surface area (Å²) in [7, 11) is 0. The van der Waals surface area contributed by atoms with E-state index in [0.717, 1.165) is 56.3 Å². The van der Waals surface area contributed by atoms with E-state index in [2.05, 4.69) is 17.9 Å². The first kappa shape index (κ1) is 17.7. The highest BCUT2D eigenvalue weighted by molar-refractivity contribution is 6.35. The maximum atomic E-state index is 13.1. The molecule has 1 aromatic carbocycles. The fraction of sp³-hybridized carbons (Fsp3) is 0.524. The van der Waals surface area contributed by atoms with E-state index >= 15 is 0 Å². The van der Waals surface area contributed by atoms with Gasteiger partial charge in [0, 0.05) is 19.6 Å². The van der Waals surface area contributed by atoms with E-state index in [0.29, 0.717) is 17.8 Å². The second kappa shape index (κ2) is 7.42. The molecule has 0 radical (unpaired) electrons. The number of carbonyl (C=O) groups is 2. The number of nitrogens with zero attached hydrogens (tertiary/aromatic N) is 2. The highest BCUT2D eigenvalue weighted by Crippen LogP contribution is 2.35. The number of hydrogen-bond acceptors (Lipinski definition) is 3. The molecule has 0 atom stereocenters. The van der Waals surface area contributed by atoms with Gasteiger partial charge in [-0.3, -0.25) is 14.5 Å². The van der Waals surface area contributed by atoms with Gasteiger partial charge in [-0.25, -0.2) is 0 Å². The Hall–Kier alpha value is -2.10. The third kappa shape index (κ3) is 3.35. The van der Waals surface area contributed by atoms with Crippen LogP contribution in [0.2, 0.25) is 0 Å². The zero-order valence-corrected chi connectivity index (χ0v) is 15.6. The largest absolute Gasteiger partial charge is 0.366 e. The molecule has 1 fully saturated rings. The zero-order valence-electron chi connectivity index (χ0n) is 15.6. The molecule has 1 saturated heterocycles. The van der Waals surface area contributed by atoms with Gasteiger partial charge in [0.2, 0.25) is 0 Å². The lowest BCUT2D eigenvalue weighted by atomic mass is 9.97.